The summed E-state index contributed by atoms with van der Waals surface area (Å²) in [5.74, 6) is -0.0550. The topological polar surface area (TPSA) is 131 Å². The van der Waals surface area contributed by atoms with E-state index in [-0.39, 0.29) is 22.9 Å². The van der Waals surface area contributed by atoms with Crippen molar-refractivity contribution in [2.24, 2.45) is 0 Å². The minimum absolute atomic E-state index is 0.0549. The van der Waals surface area contributed by atoms with E-state index >= 15 is 0 Å². The van der Waals surface area contributed by atoms with Crippen LogP contribution in [0.15, 0.2) is 24.4 Å². The number of rotatable bonds is 3. The first-order chi connectivity index (χ1) is 8.70. The molecule has 1 heterocycles. The summed E-state index contributed by atoms with van der Waals surface area (Å²) >= 11 is 0. The van der Waals surface area contributed by atoms with Crippen molar-refractivity contribution < 1.29 is 10.2 Å². The highest BCUT2D eigenvalue weighted by atomic mass is 16.3. The SMILES string of the molecule is N#CC(=CNc1ccc(O)cc1O)c1nn[nH]n1. The van der Waals surface area contributed by atoms with Crippen molar-refractivity contribution in [3.63, 3.8) is 0 Å². The molecule has 0 bridgehead atoms. The summed E-state index contributed by atoms with van der Waals surface area (Å²) in [7, 11) is 0. The maximum Gasteiger partial charge on any atom is 0.216 e. The smallest absolute Gasteiger partial charge is 0.216 e. The minimum Gasteiger partial charge on any atom is -0.508 e. The average molecular weight is 244 g/mol. The zero-order valence-corrected chi connectivity index (χ0v) is 8.99. The summed E-state index contributed by atoms with van der Waals surface area (Å²) in [6, 6.07) is 5.93. The molecular weight excluding hydrogens is 236 g/mol. The van der Waals surface area contributed by atoms with Gasteiger partial charge in [-0.25, -0.2) is 0 Å². The molecule has 1 aromatic heterocycles. The number of tetrazole rings is 1. The zero-order chi connectivity index (χ0) is 13.0. The van der Waals surface area contributed by atoms with Crippen LogP contribution < -0.4 is 5.32 Å². The third-order valence-corrected chi connectivity index (χ3v) is 2.06. The van der Waals surface area contributed by atoms with E-state index in [1.54, 1.807) is 0 Å². The first-order valence-corrected chi connectivity index (χ1v) is 4.83. The molecule has 0 unspecified atom stereocenters. The predicted octanol–water partition coefficient (Wildman–Crippen LogP) is 0.587. The van der Waals surface area contributed by atoms with Crippen LogP contribution in [-0.2, 0) is 0 Å². The molecule has 0 spiro atoms. The van der Waals surface area contributed by atoms with E-state index in [9.17, 15) is 5.11 Å². The second-order valence-electron chi connectivity index (χ2n) is 3.25. The lowest BCUT2D eigenvalue weighted by atomic mass is 10.2. The molecule has 0 radical (unpaired) electrons. The van der Waals surface area contributed by atoms with Crippen LogP contribution in [0.4, 0.5) is 5.69 Å². The molecule has 90 valence electrons. The number of anilines is 1. The van der Waals surface area contributed by atoms with Gasteiger partial charge in [-0.1, -0.05) is 0 Å². The number of nitriles is 1. The van der Waals surface area contributed by atoms with Gasteiger partial charge in [-0.05, 0) is 17.3 Å². The van der Waals surface area contributed by atoms with Crippen LogP contribution in [-0.4, -0.2) is 30.8 Å². The van der Waals surface area contributed by atoms with Crippen molar-refractivity contribution in [1.82, 2.24) is 20.6 Å². The maximum atomic E-state index is 9.52. The molecule has 0 atom stereocenters. The van der Waals surface area contributed by atoms with Crippen molar-refractivity contribution in [3.05, 3.63) is 30.2 Å². The summed E-state index contributed by atoms with van der Waals surface area (Å²) in [6.45, 7) is 0. The lowest BCUT2D eigenvalue weighted by Crippen LogP contribution is -1.93. The number of H-pyrrole nitrogens is 1. The Morgan fingerprint density at radius 3 is 2.89 bits per heavy atom. The highest BCUT2D eigenvalue weighted by molar-refractivity contribution is 5.74. The fraction of sp³-hybridized carbons (Fsp3) is 0. The lowest BCUT2D eigenvalue weighted by molar-refractivity contribution is 0.452. The molecule has 0 saturated heterocycles. The van der Waals surface area contributed by atoms with E-state index in [2.05, 4.69) is 25.9 Å². The van der Waals surface area contributed by atoms with E-state index in [1.165, 1.54) is 24.4 Å². The van der Waals surface area contributed by atoms with Gasteiger partial charge in [0, 0.05) is 12.3 Å². The van der Waals surface area contributed by atoms with Crippen LogP contribution >= 0.6 is 0 Å². The number of aromatic amines is 1. The first-order valence-electron chi connectivity index (χ1n) is 4.83. The van der Waals surface area contributed by atoms with Gasteiger partial charge in [-0.15, -0.1) is 10.2 Å². The molecule has 1 aromatic carbocycles. The number of phenols is 2. The van der Waals surface area contributed by atoms with Crippen LogP contribution in [0, 0.1) is 11.3 Å². The van der Waals surface area contributed by atoms with Gasteiger partial charge in [-0.3, -0.25) is 0 Å². The van der Waals surface area contributed by atoms with E-state index in [4.69, 9.17) is 10.4 Å². The van der Waals surface area contributed by atoms with Gasteiger partial charge in [-0.2, -0.15) is 10.5 Å². The number of benzene rings is 1. The Morgan fingerprint density at radius 2 is 2.28 bits per heavy atom. The quantitative estimate of drug-likeness (QED) is 0.353. The molecule has 0 fully saturated rings. The highest BCUT2D eigenvalue weighted by Crippen LogP contribution is 2.27. The van der Waals surface area contributed by atoms with Crippen LogP contribution in [0.5, 0.6) is 11.5 Å². The fourth-order valence-electron chi connectivity index (χ4n) is 1.21. The standard InChI is InChI=1S/C10H8N6O2/c11-4-6(10-13-15-16-14-10)5-12-8-2-1-7(17)3-9(8)18/h1-3,5,12,17-18H,(H,13,14,15,16). The predicted molar refractivity (Wildman–Crippen MR) is 61.2 cm³/mol. The first kappa shape index (κ1) is 11.4. The number of aromatic nitrogens is 4. The Hall–Kier alpha value is -3.08. The van der Waals surface area contributed by atoms with Gasteiger partial charge >= 0.3 is 0 Å². The Balaban J connectivity index is 2.22. The van der Waals surface area contributed by atoms with Crippen molar-refractivity contribution >= 4 is 11.3 Å². The summed E-state index contributed by atoms with van der Waals surface area (Å²) in [6.07, 6.45) is 1.33. The fourth-order valence-corrected chi connectivity index (χ4v) is 1.21. The van der Waals surface area contributed by atoms with Gasteiger partial charge in [0.1, 0.15) is 23.1 Å². The molecule has 4 N–H and O–H groups in total. The largest absolute Gasteiger partial charge is 0.508 e. The number of aromatic hydroxyl groups is 2. The molecule has 8 heteroatoms. The van der Waals surface area contributed by atoms with Gasteiger partial charge in [0.25, 0.3) is 0 Å². The molecule has 0 saturated carbocycles. The number of allylic oxidation sites excluding steroid dienone is 1. The summed E-state index contributed by atoms with van der Waals surface area (Å²) in [5.41, 5.74) is 0.486. The van der Waals surface area contributed by atoms with Crippen molar-refractivity contribution in [3.8, 4) is 17.6 Å². The molecule has 18 heavy (non-hydrogen) atoms. The Labute approximate surface area is 101 Å². The Kier molecular flexibility index (Phi) is 3.06. The van der Waals surface area contributed by atoms with Crippen molar-refractivity contribution in [2.45, 2.75) is 0 Å². The van der Waals surface area contributed by atoms with Crippen LogP contribution in [0.25, 0.3) is 5.57 Å². The van der Waals surface area contributed by atoms with Gasteiger partial charge in [0.15, 0.2) is 0 Å². The minimum atomic E-state index is -0.142. The van der Waals surface area contributed by atoms with Crippen molar-refractivity contribution in [1.29, 1.82) is 5.26 Å². The normalized spacial score (nSPS) is 10.9. The highest BCUT2D eigenvalue weighted by Gasteiger charge is 2.06. The summed E-state index contributed by atoms with van der Waals surface area (Å²) < 4.78 is 0. The monoisotopic (exact) mass is 244 g/mol. The number of hydrogen-bond acceptors (Lipinski definition) is 7. The molecule has 2 rings (SSSR count). The molecule has 2 aromatic rings. The molecule has 0 amide bonds. The number of hydrogen-bond donors (Lipinski definition) is 4. The second kappa shape index (κ2) is 4.84. The van der Waals surface area contributed by atoms with Gasteiger partial charge in [0.05, 0.1) is 5.69 Å². The summed E-state index contributed by atoms with van der Waals surface area (Å²) in [4.78, 5) is 0. The molecular formula is C10H8N6O2. The average Bonchev–Trinajstić information content (AvgIpc) is 2.86. The number of nitrogens with zero attached hydrogens (tertiary/aromatic N) is 4. The zero-order valence-electron chi connectivity index (χ0n) is 8.99. The van der Waals surface area contributed by atoms with Gasteiger partial charge < -0.3 is 15.5 Å². The van der Waals surface area contributed by atoms with E-state index in [0.717, 1.165) is 0 Å². The Bertz CT molecular complexity index is 614. The third-order valence-electron chi connectivity index (χ3n) is 2.06. The number of nitrogens with one attached hydrogen (secondary N) is 2. The lowest BCUT2D eigenvalue weighted by Gasteiger charge is -2.04. The van der Waals surface area contributed by atoms with Crippen LogP contribution in [0.1, 0.15) is 5.82 Å². The van der Waals surface area contributed by atoms with E-state index < -0.39 is 0 Å². The van der Waals surface area contributed by atoms with E-state index in [0.29, 0.717) is 5.69 Å². The number of phenolic OH excluding ortho intramolecular Hbond substituents is 2. The molecule has 0 aliphatic rings. The third kappa shape index (κ3) is 2.35. The maximum absolute atomic E-state index is 9.52. The van der Waals surface area contributed by atoms with Crippen LogP contribution in [0.2, 0.25) is 0 Å². The van der Waals surface area contributed by atoms with Crippen molar-refractivity contribution in [2.75, 3.05) is 5.32 Å². The summed E-state index contributed by atoms with van der Waals surface area (Å²) in [5, 5.41) is 43.1. The van der Waals surface area contributed by atoms with Crippen LogP contribution in [0.3, 0.4) is 0 Å². The molecule has 0 aliphatic carbocycles. The molecule has 8 nitrogen and oxygen atoms in total. The van der Waals surface area contributed by atoms with E-state index in [1.807, 2.05) is 6.07 Å². The Morgan fingerprint density at radius 1 is 1.44 bits per heavy atom. The van der Waals surface area contributed by atoms with Gasteiger partial charge in [0.2, 0.25) is 5.82 Å². The second-order valence-corrected chi connectivity index (χ2v) is 3.25. The molecule has 0 aliphatic heterocycles.